The third-order valence-corrected chi connectivity index (χ3v) is 4.34. The monoisotopic (exact) mass is 402 g/mol. The summed E-state index contributed by atoms with van der Waals surface area (Å²) in [6.07, 6.45) is -0.0517. The van der Waals surface area contributed by atoms with Gasteiger partial charge in [-0.3, -0.25) is 9.59 Å². The summed E-state index contributed by atoms with van der Waals surface area (Å²) in [5, 5.41) is 3.58. The molecular formula is C20H16ClFN2O4. The second kappa shape index (κ2) is 8.31. The highest BCUT2D eigenvalue weighted by Crippen LogP contribution is 2.31. The molecule has 0 aliphatic heterocycles. The number of ketones is 2. The van der Waals surface area contributed by atoms with E-state index < -0.39 is 5.82 Å². The normalized spacial score (nSPS) is 10.7. The van der Waals surface area contributed by atoms with Crippen LogP contribution in [0.2, 0.25) is 5.02 Å². The summed E-state index contributed by atoms with van der Waals surface area (Å²) in [4.78, 5) is 28.9. The largest absolute Gasteiger partial charge is 0.494 e. The van der Waals surface area contributed by atoms with Gasteiger partial charge in [0.2, 0.25) is 0 Å². The van der Waals surface area contributed by atoms with Crippen molar-refractivity contribution in [1.82, 2.24) is 10.1 Å². The molecule has 28 heavy (non-hydrogen) atoms. The molecule has 6 nitrogen and oxygen atoms in total. The highest BCUT2D eigenvalue weighted by atomic mass is 35.5. The highest BCUT2D eigenvalue weighted by Gasteiger charge is 2.17. The van der Waals surface area contributed by atoms with Gasteiger partial charge in [0.1, 0.15) is 34.4 Å². The van der Waals surface area contributed by atoms with Crippen molar-refractivity contribution < 1.29 is 23.2 Å². The van der Waals surface area contributed by atoms with Gasteiger partial charge in [-0.1, -0.05) is 16.8 Å². The predicted octanol–water partition coefficient (Wildman–Crippen LogP) is 4.69. The molecule has 0 fully saturated rings. The lowest BCUT2D eigenvalue weighted by Crippen LogP contribution is -2.08. The molecule has 0 atom stereocenters. The molecule has 0 unspecified atom stereocenters. The van der Waals surface area contributed by atoms with E-state index in [2.05, 4.69) is 10.1 Å². The number of halogens is 2. The number of carbonyl (C=O) groups excluding carboxylic acids is 2. The predicted molar refractivity (Wildman–Crippen MR) is 100 cm³/mol. The molecule has 0 radical (unpaired) electrons. The van der Waals surface area contributed by atoms with E-state index in [0.29, 0.717) is 22.8 Å². The van der Waals surface area contributed by atoms with Gasteiger partial charge in [-0.25, -0.2) is 9.37 Å². The van der Waals surface area contributed by atoms with Gasteiger partial charge in [0.25, 0.3) is 0 Å². The van der Waals surface area contributed by atoms with Crippen molar-refractivity contribution in [2.45, 2.75) is 19.8 Å². The number of nitrogens with zero attached hydrogens (tertiary/aromatic N) is 2. The summed E-state index contributed by atoms with van der Waals surface area (Å²) < 4.78 is 23.6. The van der Waals surface area contributed by atoms with Crippen molar-refractivity contribution in [3.8, 4) is 17.0 Å². The Balaban J connectivity index is 1.81. The number of aryl methyl sites for hydroxylation is 1. The molecule has 1 aromatic carbocycles. The quantitative estimate of drug-likeness (QED) is 0.533. The second-order valence-corrected chi connectivity index (χ2v) is 6.45. The number of benzene rings is 1. The van der Waals surface area contributed by atoms with Crippen LogP contribution in [-0.4, -0.2) is 28.8 Å². The van der Waals surface area contributed by atoms with Crippen LogP contribution in [0.5, 0.6) is 5.75 Å². The number of methoxy groups -OCH3 is 1. The number of Topliss-reactive ketones (excluding diaryl/α,β-unsaturated/α-hetero) is 2. The minimum absolute atomic E-state index is 0.0176. The molecule has 0 saturated heterocycles. The third-order valence-electron chi connectivity index (χ3n) is 4.05. The molecule has 0 saturated carbocycles. The molecule has 0 aliphatic rings. The maximum atomic E-state index is 13.4. The van der Waals surface area contributed by atoms with Gasteiger partial charge < -0.3 is 9.26 Å². The van der Waals surface area contributed by atoms with Gasteiger partial charge in [-0.15, -0.1) is 0 Å². The van der Waals surface area contributed by atoms with E-state index in [1.165, 1.54) is 37.4 Å². The van der Waals surface area contributed by atoms with Crippen LogP contribution < -0.4 is 4.74 Å². The van der Waals surface area contributed by atoms with Crippen molar-refractivity contribution in [3.63, 3.8) is 0 Å². The lowest BCUT2D eigenvalue weighted by molar-refractivity contribution is 0.0910. The van der Waals surface area contributed by atoms with E-state index in [9.17, 15) is 14.0 Å². The Bertz CT molecular complexity index is 1050. The number of ether oxygens (including phenoxy) is 1. The Hall–Kier alpha value is -3.06. The Morgan fingerprint density at radius 2 is 1.82 bits per heavy atom. The van der Waals surface area contributed by atoms with Crippen LogP contribution in [0.1, 0.15) is 39.6 Å². The average Bonchev–Trinajstić information content (AvgIpc) is 3.14. The van der Waals surface area contributed by atoms with Crippen molar-refractivity contribution in [1.29, 1.82) is 0 Å². The Kier molecular flexibility index (Phi) is 5.84. The summed E-state index contributed by atoms with van der Waals surface area (Å²) in [7, 11) is 1.46. The van der Waals surface area contributed by atoms with Crippen molar-refractivity contribution >= 4 is 23.2 Å². The lowest BCUT2D eigenvalue weighted by Gasteiger charge is -2.10. The van der Waals surface area contributed by atoms with Gasteiger partial charge in [0.05, 0.1) is 12.1 Å². The molecule has 3 rings (SSSR count). The molecule has 2 aromatic heterocycles. The molecule has 2 heterocycles. The average molecular weight is 403 g/mol. The fraction of sp³-hybridized carbons (Fsp3) is 0.200. The summed E-state index contributed by atoms with van der Waals surface area (Å²) in [5.74, 6) is -0.226. The van der Waals surface area contributed by atoms with Crippen LogP contribution in [0.25, 0.3) is 11.3 Å². The summed E-state index contributed by atoms with van der Waals surface area (Å²) >= 11 is 5.84. The van der Waals surface area contributed by atoms with Crippen LogP contribution in [0.15, 0.2) is 40.9 Å². The smallest absolute Gasteiger partial charge is 0.185 e. The van der Waals surface area contributed by atoms with Gasteiger partial charge in [-0.05, 0) is 37.3 Å². The van der Waals surface area contributed by atoms with Crippen LogP contribution in [0.4, 0.5) is 4.39 Å². The topological polar surface area (TPSA) is 82.3 Å². The number of pyridine rings is 1. The zero-order valence-electron chi connectivity index (χ0n) is 15.2. The minimum Gasteiger partial charge on any atom is -0.494 e. The number of aromatic nitrogens is 2. The summed E-state index contributed by atoms with van der Waals surface area (Å²) in [5.41, 5.74) is 1.22. The fourth-order valence-corrected chi connectivity index (χ4v) is 2.78. The molecule has 0 N–H and O–H groups in total. The van der Waals surface area contributed by atoms with Crippen molar-refractivity contribution in [2.24, 2.45) is 0 Å². The second-order valence-electron chi connectivity index (χ2n) is 6.05. The van der Waals surface area contributed by atoms with Crippen molar-refractivity contribution in [2.75, 3.05) is 7.11 Å². The first-order valence-electron chi connectivity index (χ1n) is 8.39. The van der Waals surface area contributed by atoms with Gasteiger partial charge in [0, 0.05) is 24.5 Å². The molecule has 0 amide bonds. The molecule has 3 aromatic rings. The van der Waals surface area contributed by atoms with Crippen molar-refractivity contribution in [3.05, 3.63) is 64.4 Å². The summed E-state index contributed by atoms with van der Waals surface area (Å²) in [6, 6.07) is 8.75. The Morgan fingerprint density at radius 1 is 1.11 bits per heavy atom. The van der Waals surface area contributed by atoms with E-state index in [1.807, 2.05) is 0 Å². The molecule has 8 heteroatoms. The molecular weight excluding hydrogens is 387 g/mol. The van der Waals surface area contributed by atoms with E-state index >= 15 is 0 Å². The fourth-order valence-electron chi connectivity index (χ4n) is 2.60. The molecule has 0 spiro atoms. The molecule has 0 aliphatic carbocycles. The number of hydrogen-bond donors (Lipinski definition) is 0. The van der Waals surface area contributed by atoms with E-state index in [4.69, 9.17) is 20.9 Å². The van der Waals surface area contributed by atoms with Gasteiger partial charge in [-0.2, -0.15) is 0 Å². The first kappa shape index (κ1) is 19.7. The van der Waals surface area contributed by atoms with E-state index in [0.717, 1.165) is 0 Å². The lowest BCUT2D eigenvalue weighted by atomic mass is 10.1. The number of carbonyl (C=O) groups is 2. The maximum absolute atomic E-state index is 13.4. The SMILES string of the molecule is COc1ccc(C(=O)CCC(=O)c2cc(C)on2)nc1-c1ccc(F)c(Cl)c1. The van der Waals surface area contributed by atoms with E-state index in [1.54, 1.807) is 13.0 Å². The maximum Gasteiger partial charge on any atom is 0.185 e. The third kappa shape index (κ3) is 4.26. The summed E-state index contributed by atoms with van der Waals surface area (Å²) in [6.45, 7) is 1.68. The number of rotatable bonds is 7. The Labute approximate surface area is 165 Å². The standard InChI is InChI=1S/C20H16ClFN2O4/c1-11-9-16(24-28-11)18(26)7-6-17(25)15-5-8-19(27-2)20(23-15)12-3-4-14(22)13(21)10-12/h3-5,8-10H,6-7H2,1-2H3. The zero-order chi connectivity index (χ0) is 20.3. The van der Waals surface area contributed by atoms with E-state index in [-0.39, 0.29) is 40.8 Å². The molecule has 0 bridgehead atoms. The van der Waals surface area contributed by atoms with Gasteiger partial charge >= 0.3 is 0 Å². The molecule has 144 valence electrons. The first-order chi connectivity index (χ1) is 13.4. The minimum atomic E-state index is -0.557. The first-order valence-corrected chi connectivity index (χ1v) is 8.77. The highest BCUT2D eigenvalue weighted by molar-refractivity contribution is 6.31. The van der Waals surface area contributed by atoms with Crippen LogP contribution in [0.3, 0.4) is 0 Å². The zero-order valence-corrected chi connectivity index (χ0v) is 15.9. The van der Waals surface area contributed by atoms with Crippen LogP contribution in [0, 0.1) is 12.7 Å². The van der Waals surface area contributed by atoms with Crippen LogP contribution in [-0.2, 0) is 0 Å². The Morgan fingerprint density at radius 3 is 2.43 bits per heavy atom. The van der Waals surface area contributed by atoms with Gasteiger partial charge in [0.15, 0.2) is 11.6 Å². The van der Waals surface area contributed by atoms with Crippen LogP contribution >= 0.6 is 11.6 Å². The number of hydrogen-bond acceptors (Lipinski definition) is 6.